The van der Waals surface area contributed by atoms with Gasteiger partial charge in [-0.1, -0.05) is 42.5 Å². The van der Waals surface area contributed by atoms with E-state index in [0.29, 0.717) is 12.8 Å². The zero-order chi connectivity index (χ0) is 15.8. The summed E-state index contributed by atoms with van der Waals surface area (Å²) in [6.07, 6.45) is 5.10. The van der Waals surface area contributed by atoms with Crippen molar-refractivity contribution in [3.8, 4) is 0 Å². The highest BCUT2D eigenvalue weighted by Crippen LogP contribution is 2.22. The van der Waals surface area contributed by atoms with Gasteiger partial charge in [0.25, 0.3) is 0 Å². The molecule has 0 spiro atoms. The summed E-state index contributed by atoms with van der Waals surface area (Å²) in [4.78, 5) is 11.8. The molecular weight excluding hydrogens is 294 g/mol. The van der Waals surface area contributed by atoms with Gasteiger partial charge >= 0.3 is 0 Å². The maximum Gasteiger partial charge on any atom is 0.220 e. The standard InChI is InChI=1S/C18H21NO2S/c1-18(21,16-11-12-22-13-16)14-19-17(20)10-6-5-9-15-7-3-2-4-8-15/h2-5,7-9,11-13,21H,6,10,14H2,1H3,(H,19,20). The van der Waals surface area contributed by atoms with Crippen LogP contribution in [0.2, 0.25) is 0 Å². The fourth-order valence-electron chi connectivity index (χ4n) is 2.03. The summed E-state index contributed by atoms with van der Waals surface area (Å²) in [6.45, 7) is 1.94. The summed E-state index contributed by atoms with van der Waals surface area (Å²) in [5.74, 6) is -0.0479. The minimum Gasteiger partial charge on any atom is -0.384 e. The predicted molar refractivity (Wildman–Crippen MR) is 91.6 cm³/mol. The first-order chi connectivity index (χ1) is 10.6. The lowest BCUT2D eigenvalue weighted by Gasteiger charge is -2.22. The normalized spacial score (nSPS) is 13.9. The highest BCUT2D eigenvalue weighted by atomic mass is 32.1. The number of nitrogens with one attached hydrogen (secondary N) is 1. The molecule has 2 aromatic rings. The van der Waals surface area contributed by atoms with Gasteiger partial charge < -0.3 is 10.4 Å². The average Bonchev–Trinajstić information content (AvgIpc) is 3.06. The highest BCUT2D eigenvalue weighted by Gasteiger charge is 2.23. The molecule has 0 radical (unpaired) electrons. The number of aliphatic hydroxyl groups is 1. The third kappa shape index (κ3) is 5.13. The van der Waals surface area contributed by atoms with Crippen LogP contribution in [0.5, 0.6) is 0 Å². The van der Waals surface area contributed by atoms with Crippen LogP contribution >= 0.6 is 11.3 Å². The molecule has 0 aliphatic rings. The van der Waals surface area contributed by atoms with E-state index < -0.39 is 5.60 Å². The SMILES string of the molecule is CC(O)(CNC(=O)CCC=Cc1ccccc1)c1ccsc1. The Morgan fingerprint density at radius 3 is 2.77 bits per heavy atom. The van der Waals surface area contributed by atoms with Gasteiger partial charge in [-0.3, -0.25) is 4.79 Å². The Morgan fingerprint density at radius 1 is 1.32 bits per heavy atom. The van der Waals surface area contributed by atoms with Crippen molar-refractivity contribution in [2.45, 2.75) is 25.4 Å². The molecule has 1 aromatic carbocycles. The van der Waals surface area contributed by atoms with E-state index in [1.807, 2.05) is 59.3 Å². The Labute approximate surface area is 135 Å². The molecule has 22 heavy (non-hydrogen) atoms. The van der Waals surface area contributed by atoms with E-state index in [1.54, 1.807) is 6.92 Å². The molecule has 1 heterocycles. The summed E-state index contributed by atoms with van der Waals surface area (Å²) in [5.41, 5.74) is 0.945. The lowest BCUT2D eigenvalue weighted by atomic mass is 9.99. The molecule has 2 rings (SSSR count). The van der Waals surface area contributed by atoms with Gasteiger partial charge in [0.15, 0.2) is 0 Å². The van der Waals surface area contributed by atoms with E-state index in [2.05, 4.69) is 5.32 Å². The van der Waals surface area contributed by atoms with Crippen molar-refractivity contribution in [3.05, 3.63) is 64.4 Å². The Balaban J connectivity index is 1.71. The Morgan fingerprint density at radius 2 is 2.09 bits per heavy atom. The zero-order valence-electron chi connectivity index (χ0n) is 12.7. The second kappa shape index (κ2) is 7.92. The maximum absolute atomic E-state index is 11.8. The van der Waals surface area contributed by atoms with Crippen LogP contribution in [0.25, 0.3) is 6.08 Å². The summed E-state index contributed by atoms with van der Waals surface area (Å²) in [7, 11) is 0. The first-order valence-electron chi connectivity index (χ1n) is 7.31. The van der Waals surface area contributed by atoms with Gasteiger partial charge in [-0.25, -0.2) is 0 Å². The van der Waals surface area contributed by atoms with Crippen LogP contribution in [0.4, 0.5) is 0 Å². The number of carbonyl (C=O) groups is 1. The number of hydrogen-bond donors (Lipinski definition) is 2. The van der Waals surface area contributed by atoms with E-state index in [1.165, 1.54) is 11.3 Å². The summed E-state index contributed by atoms with van der Waals surface area (Å²) < 4.78 is 0. The summed E-state index contributed by atoms with van der Waals surface area (Å²) in [5, 5.41) is 16.9. The molecule has 1 unspecified atom stereocenters. The number of carbonyl (C=O) groups excluding carboxylic acids is 1. The molecule has 3 nitrogen and oxygen atoms in total. The number of thiophene rings is 1. The van der Waals surface area contributed by atoms with Crippen LogP contribution in [-0.2, 0) is 10.4 Å². The molecule has 1 atom stereocenters. The smallest absolute Gasteiger partial charge is 0.220 e. The minimum absolute atomic E-state index is 0.0479. The van der Waals surface area contributed by atoms with Gasteiger partial charge in [-0.15, -0.1) is 0 Å². The highest BCUT2D eigenvalue weighted by molar-refractivity contribution is 7.08. The quantitative estimate of drug-likeness (QED) is 0.820. The number of benzene rings is 1. The van der Waals surface area contributed by atoms with Crippen molar-refractivity contribution in [2.75, 3.05) is 6.54 Å². The molecule has 4 heteroatoms. The topological polar surface area (TPSA) is 49.3 Å². The predicted octanol–water partition coefficient (Wildman–Crippen LogP) is 3.57. The van der Waals surface area contributed by atoms with Gasteiger partial charge in [0, 0.05) is 6.42 Å². The number of rotatable bonds is 7. The van der Waals surface area contributed by atoms with Crippen molar-refractivity contribution in [3.63, 3.8) is 0 Å². The summed E-state index contributed by atoms with van der Waals surface area (Å²) >= 11 is 1.53. The van der Waals surface area contributed by atoms with Crippen molar-refractivity contribution in [1.82, 2.24) is 5.32 Å². The van der Waals surface area contributed by atoms with Gasteiger partial charge in [0.2, 0.25) is 5.91 Å². The fraction of sp³-hybridized carbons (Fsp3) is 0.278. The third-order valence-corrected chi connectivity index (χ3v) is 4.10. The van der Waals surface area contributed by atoms with Crippen LogP contribution in [0.1, 0.15) is 30.9 Å². The fourth-order valence-corrected chi connectivity index (χ4v) is 2.81. The van der Waals surface area contributed by atoms with E-state index >= 15 is 0 Å². The molecule has 1 aromatic heterocycles. The lowest BCUT2D eigenvalue weighted by Crippen LogP contribution is -2.38. The Kier molecular flexibility index (Phi) is 5.92. The first-order valence-corrected chi connectivity index (χ1v) is 8.25. The van der Waals surface area contributed by atoms with Crippen LogP contribution in [-0.4, -0.2) is 17.6 Å². The molecule has 0 aliphatic heterocycles. The molecule has 0 saturated carbocycles. The molecule has 1 amide bonds. The monoisotopic (exact) mass is 315 g/mol. The van der Waals surface area contributed by atoms with Crippen LogP contribution in [0, 0.1) is 0 Å². The number of allylic oxidation sites excluding steroid dienone is 1. The third-order valence-electron chi connectivity index (χ3n) is 3.42. The van der Waals surface area contributed by atoms with Crippen molar-refractivity contribution in [1.29, 1.82) is 0 Å². The Bertz CT molecular complexity index is 603. The van der Waals surface area contributed by atoms with E-state index in [4.69, 9.17) is 0 Å². The molecule has 0 saturated heterocycles. The van der Waals surface area contributed by atoms with Crippen molar-refractivity contribution >= 4 is 23.3 Å². The molecule has 0 bridgehead atoms. The summed E-state index contributed by atoms with van der Waals surface area (Å²) in [6, 6.07) is 11.9. The van der Waals surface area contributed by atoms with E-state index in [0.717, 1.165) is 11.1 Å². The molecule has 116 valence electrons. The Hall–Kier alpha value is -1.91. The molecular formula is C18H21NO2S. The van der Waals surface area contributed by atoms with Gasteiger partial charge in [0.05, 0.1) is 6.54 Å². The van der Waals surface area contributed by atoms with Gasteiger partial charge in [-0.2, -0.15) is 11.3 Å². The van der Waals surface area contributed by atoms with Crippen LogP contribution < -0.4 is 5.32 Å². The number of hydrogen-bond acceptors (Lipinski definition) is 3. The second-order valence-electron chi connectivity index (χ2n) is 5.41. The van der Waals surface area contributed by atoms with E-state index in [-0.39, 0.29) is 12.5 Å². The van der Waals surface area contributed by atoms with Gasteiger partial charge in [0.1, 0.15) is 5.60 Å². The van der Waals surface area contributed by atoms with Crippen LogP contribution in [0.3, 0.4) is 0 Å². The molecule has 0 fully saturated rings. The lowest BCUT2D eigenvalue weighted by molar-refractivity contribution is -0.122. The maximum atomic E-state index is 11.8. The largest absolute Gasteiger partial charge is 0.384 e. The van der Waals surface area contributed by atoms with Crippen LogP contribution in [0.15, 0.2) is 53.2 Å². The average molecular weight is 315 g/mol. The minimum atomic E-state index is -1.02. The van der Waals surface area contributed by atoms with Crippen molar-refractivity contribution < 1.29 is 9.90 Å². The van der Waals surface area contributed by atoms with Gasteiger partial charge in [-0.05, 0) is 41.3 Å². The van der Waals surface area contributed by atoms with Crippen molar-refractivity contribution in [2.24, 2.45) is 0 Å². The number of amides is 1. The molecule has 2 N–H and O–H groups in total. The molecule has 0 aliphatic carbocycles. The second-order valence-corrected chi connectivity index (χ2v) is 6.19. The van der Waals surface area contributed by atoms with E-state index in [9.17, 15) is 9.90 Å². The first kappa shape index (κ1) is 16.5. The zero-order valence-corrected chi connectivity index (χ0v) is 13.5.